The molecule has 0 atom stereocenters. The highest BCUT2D eigenvalue weighted by Gasteiger charge is 2.17. The second-order valence-electron chi connectivity index (χ2n) is 5.50. The van der Waals surface area contributed by atoms with Gasteiger partial charge >= 0.3 is 0 Å². The summed E-state index contributed by atoms with van der Waals surface area (Å²) in [6.45, 7) is 0. The van der Waals surface area contributed by atoms with Gasteiger partial charge in [-0.05, 0) is 30.4 Å². The van der Waals surface area contributed by atoms with Gasteiger partial charge in [0, 0.05) is 10.4 Å². The molecule has 1 aromatic carbocycles. The Morgan fingerprint density at radius 3 is 2.40 bits per heavy atom. The molecule has 1 heterocycles. The van der Waals surface area contributed by atoms with Crippen molar-refractivity contribution >= 4 is 37.3 Å². The Morgan fingerprint density at radius 2 is 1.80 bits per heavy atom. The van der Waals surface area contributed by atoms with Gasteiger partial charge < -0.3 is 0 Å². The first-order valence-electron chi connectivity index (χ1n) is 7.10. The summed E-state index contributed by atoms with van der Waals surface area (Å²) in [7, 11) is 11.5. The van der Waals surface area contributed by atoms with Crippen LogP contribution < -0.4 is 10.2 Å². The smallest absolute Gasteiger partial charge is 0.132 e. The summed E-state index contributed by atoms with van der Waals surface area (Å²) >= 11 is 1.34. The lowest BCUT2D eigenvalue weighted by atomic mass is 9.83. The highest BCUT2D eigenvalue weighted by Crippen LogP contribution is 2.35. The van der Waals surface area contributed by atoms with Gasteiger partial charge in [-0.3, -0.25) is 0 Å². The van der Waals surface area contributed by atoms with Crippen molar-refractivity contribution in [2.24, 2.45) is 0 Å². The molecule has 0 N–H and O–H groups in total. The predicted molar refractivity (Wildman–Crippen MR) is 86.3 cm³/mol. The lowest BCUT2D eigenvalue weighted by molar-refractivity contribution is 0.442. The summed E-state index contributed by atoms with van der Waals surface area (Å²) in [6, 6.07) is 7.36. The zero-order valence-corrected chi connectivity index (χ0v) is 12.2. The Bertz CT molecular complexity index is 595. The molecular formula is C16H15B2FS. The molecule has 0 nitrogen and oxygen atoms in total. The third-order valence-corrected chi connectivity index (χ3v) is 5.14. The van der Waals surface area contributed by atoms with Gasteiger partial charge in [0.1, 0.15) is 21.5 Å². The van der Waals surface area contributed by atoms with Crippen molar-refractivity contribution in [3.05, 3.63) is 35.6 Å². The van der Waals surface area contributed by atoms with Gasteiger partial charge in [-0.25, -0.2) is 4.39 Å². The van der Waals surface area contributed by atoms with E-state index >= 15 is 0 Å². The van der Waals surface area contributed by atoms with Crippen molar-refractivity contribution in [2.75, 3.05) is 0 Å². The van der Waals surface area contributed by atoms with Crippen LogP contribution in [0.2, 0.25) is 0 Å². The number of thiophene rings is 1. The maximum Gasteiger partial charge on any atom is 0.132 e. The number of halogens is 1. The largest absolute Gasteiger partial charge is 0.206 e. The van der Waals surface area contributed by atoms with Crippen LogP contribution in [-0.2, 0) is 0 Å². The molecule has 3 rings (SSSR count). The summed E-state index contributed by atoms with van der Waals surface area (Å²) in [5, 5.41) is 0. The van der Waals surface area contributed by atoms with Gasteiger partial charge in [0.2, 0.25) is 0 Å². The molecule has 1 aliphatic rings. The molecule has 0 unspecified atom stereocenters. The van der Waals surface area contributed by atoms with Crippen LogP contribution in [0.3, 0.4) is 0 Å². The van der Waals surface area contributed by atoms with E-state index in [0.29, 0.717) is 21.7 Å². The van der Waals surface area contributed by atoms with Gasteiger partial charge in [0.15, 0.2) is 0 Å². The fraction of sp³-hybridized carbons (Fsp3) is 0.375. The summed E-state index contributed by atoms with van der Waals surface area (Å²) in [4.78, 5) is 0.799. The van der Waals surface area contributed by atoms with Crippen LogP contribution >= 0.6 is 11.3 Å². The number of rotatable bonds is 2. The Kier molecular flexibility index (Phi) is 4.02. The van der Waals surface area contributed by atoms with Gasteiger partial charge in [-0.1, -0.05) is 47.7 Å². The molecule has 1 fully saturated rings. The lowest BCUT2D eigenvalue weighted by Gasteiger charge is -2.22. The number of hydrogen-bond donors (Lipinski definition) is 0. The van der Waals surface area contributed by atoms with Crippen LogP contribution in [0.15, 0.2) is 24.3 Å². The van der Waals surface area contributed by atoms with Gasteiger partial charge in [-0.15, -0.1) is 0 Å². The molecule has 4 heteroatoms. The predicted octanol–water partition coefficient (Wildman–Crippen LogP) is 3.19. The Balaban J connectivity index is 1.90. The molecule has 0 aliphatic heterocycles. The summed E-state index contributed by atoms with van der Waals surface area (Å²) in [5.41, 5.74) is 2.25. The lowest BCUT2D eigenvalue weighted by Crippen LogP contribution is -2.18. The van der Waals surface area contributed by atoms with Crippen LogP contribution in [0, 0.1) is 5.82 Å². The molecule has 1 aliphatic carbocycles. The minimum absolute atomic E-state index is 0.172. The second-order valence-corrected chi connectivity index (χ2v) is 6.59. The molecule has 2 aromatic rings. The molecule has 1 saturated carbocycles. The van der Waals surface area contributed by atoms with Gasteiger partial charge in [0.05, 0.1) is 0 Å². The summed E-state index contributed by atoms with van der Waals surface area (Å²) < 4.78 is 14.9. The van der Waals surface area contributed by atoms with Crippen molar-refractivity contribution < 1.29 is 4.39 Å². The number of hydrogen-bond acceptors (Lipinski definition) is 1. The van der Waals surface area contributed by atoms with Crippen molar-refractivity contribution in [3.8, 4) is 10.4 Å². The fourth-order valence-electron chi connectivity index (χ4n) is 2.97. The molecular weight excluding hydrogens is 265 g/mol. The van der Waals surface area contributed by atoms with E-state index < -0.39 is 0 Å². The van der Waals surface area contributed by atoms with Gasteiger partial charge in [-0.2, -0.15) is 11.3 Å². The van der Waals surface area contributed by atoms with Crippen LogP contribution in [0.25, 0.3) is 10.4 Å². The molecule has 0 bridgehead atoms. The molecule has 20 heavy (non-hydrogen) atoms. The highest BCUT2D eigenvalue weighted by atomic mass is 32.1. The SMILES string of the molecule is [B]c1cc(-c2ccc(C3CCCCC3)cc2F)sc1[B]. The van der Waals surface area contributed by atoms with E-state index in [-0.39, 0.29) is 5.82 Å². The highest BCUT2D eigenvalue weighted by molar-refractivity contribution is 7.24. The normalized spacial score (nSPS) is 16.4. The Morgan fingerprint density at radius 1 is 1.05 bits per heavy atom. The van der Waals surface area contributed by atoms with Crippen molar-refractivity contribution in [1.29, 1.82) is 0 Å². The van der Waals surface area contributed by atoms with E-state index in [9.17, 15) is 4.39 Å². The second kappa shape index (κ2) is 5.77. The first-order valence-corrected chi connectivity index (χ1v) is 7.91. The first-order chi connectivity index (χ1) is 9.65. The van der Waals surface area contributed by atoms with Gasteiger partial charge in [0.25, 0.3) is 0 Å². The van der Waals surface area contributed by atoms with Crippen molar-refractivity contribution in [2.45, 2.75) is 38.0 Å². The maximum atomic E-state index is 14.4. The summed E-state index contributed by atoms with van der Waals surface area (Å²) in [5.74, 6) is 0.347. The fourth-order valence-corrected chi connectivity index (χ4v) is 3.85. The van der Waals surface area contributed by atoms with E-state index in [1.807, 2.05) is 6.07 Å². The minimum Gasteiger partial charge on any atom is -0.206 e. The van der Waals surface area contributed by atoms with Crippen LogP contribution in [0.5, 0.6) is 0 Å². The van der Waals surface area contributed by atoms with Crippen molar-refractivity contribution in [3.63, 3.8) is 0 Å². The zero-order chi connectivity index (χ0) is 14.1. The Hall–Kier alpha value is -1.02. The minimum atomic E-state index is -0.172. The number of benzene rings is 1. The topological polar surface area (TPSA) is 0 Å². The standard InChI is InChI=1S/C16H15B2FS/c17-13-9-15(20-16(13)18)12-7-6-11(8-14(12)19)10-4-2-1-3-5-10/h6-10H,1-5H2. The molecule has 1 aromatic heterocycles. The van der Waals surface area contributed by atoms with Crippen LogP contribution in [0.1, 0.15) is 43.6 Å². The first kappa shape index (κ1) is 13.9. The Labute approximate surface area is 126 Å². The molecule has 0 spiro atoms. The molecule has 4 radical (unpaired) electrons. The third kappa shape index (κ3) is 2.71. The quantitative estimate of drug-likeness (QED) is 0.741. The molecule has 98 valence electrons. The van der Waals surface area contributed by atoms with Crippen molar-refractivity contribution in [1.82, 2.24) is 0 Å². The van der Waals surface area contributed by atoms with Crippen LogP contribution in [-0.4, -0.2) is 15.7 Å². The maximum absolute atomic E-state index is 14.4. The average Bonchev–Trinajstić information content (AvgIpc) is 2.79. The van der Waals surface area contributed by atoms with Crippen LogP contribution in [0.4, 0.5) is 4.39 Å². The average molecular weight is 280 g/mol. The third-order valence-electron chi connectivity index (χ3n) is 4.13. The van der Waals surface area contributed by atoms with E-state index in [1.54, 1.807) is 12.1 Å². The molecule has 0 amide bonds. The zero-order valence-electron chi connectivity index (χ0n) is 11.4. The summed E-state index contributed by atoms with van der Waals surface area (Å²) in [6.07, 6.45) is 6.18. The van der Waals surface area contributed by atoms with E-state index in [0.717, 1.165) is 10.4 Å². The molecule has 0 saturated heterocycles. The van der Waals surface area contributed by atoms with E-state index in [1.165, 1.54) is 43.4 Å². The van der Waals surface area contributed by atoms with E-state index in [4.69, 9.17) is 15.7 Å². The monoisotopic (exact) mass is 280 g/mol. The van der Waals surface area contributed by atoms with E-state index in [2.05, 4.69) is 6.07 Å².